The normalized spacial score (nSPS) is 13.2. The molecule has 1 atom stereocenters. The van der Waals surface area contributed by atoms with Crippen LogP contribution < -0.4 is 11.1 Å². The van der Waals surface area contributed by atoms with Gasteiger partial charge in [0.05, 0.1) is 6.54 Å². The highest BCUT2D eigenvalue weighted by molar-refractivity contribution is 5.97. The second-order valence-corrected chi connectivity index (χ2v) is 5.52. The maximum atomic E-state index is 13.8. The fourth-order valence-corrected chi connectivity index (χ4v) is 2.16. The monoisotopic (exact) mass is 334 g/mol. The molecule has 0 heterocycles. The number of benzene rings is 2. The minimum absolute atomic E-state index is 0.131. The van der Waals surface area contributed by atoms with E-state index in [-0.39, 0.29) is 23.2 Å². The second kappa shape index (κ2) is 6.76. The first kappa shape index (κ1) is 17.6. The number of hydrogen-bond donors (Lipinski definition) is 3. The van der Waals surface area contributed by atoms with Gasteiger partial charge in [-0.25, -0.2) is 8.78 Å². The SMILES string of the molecule is CC(O)(CNC(=O)c1ccc(C(N)=O)cc1)c1ccc(F)cc1F. The Labute approximate surface area is 137 Å². The third-order valence-corrected chi connectivity index (χ3v) is 3.54. The Morgan fingerprint density at radius 3 is 2.25 bits per heavy atom. The lowest BCUT2D eigenvalue weighted by Gasteiger charge is -2.24. The summed E-state index contributed by atoms with van der Waals surface area (Å²) < 4.78 is 26.7. The van der Waals surface area contributed by atoms with Gasteiger partial charge in [0.1, 0.15) is 17.2 Å². The molecule has 0 spiro atoms. The summed E-state index contributed by atoms with van der Waals surface area (Å²) in [6.07, 6.45) is 0. The zero-order chi connectivity index (χ0) is 17.9. The zero-order valence-corrected chi connectivity index (χ0v) is 12.8. The molecular formula is C17H16F2N2O3. The fraction of sp³-hybridized carbons (Fsp3) is 0.176. The van der Waals surface area contributed by atoms with Gasteiger partial charge in [0, 0.05) is 22.8 Å². The van der Waals surface area contributed by atoms with Crippen LogP contribution in [-0.4, -0.2) is 23.5 Å². The van der Waals surface area contributed by atoms with Crippen molar-refractivity contribution in [3.05, 3.63) is 70.8 Å². The number of carbonyl (C=O) groups excluding carboxylic acids is 2. The number of halogens is 2. The molecule has 0 bridgehead atoms. The summed E-state index contributed by atoms with van der Waals surface area (Å²) in [4.78, 5) is 23.0. The van der Waals surface area contributed by atoms with E-state index in [2.05, 4.69) is 5.32 Å². The van der Waals surface area contributed by atoms with E-state index in [1.54, 1.807) is 0 Å². The van der Waals surface area contributed by atoms with Crippen molar-refractivity contribution in [2.24, 2.45) is 5.73 Å². The number of rotatable bonds is 5. The van der Waals surface area contributed by atoms with Crippen molar-refractivity contribution in [1.29, 1.82) is 0 Å². The second-order valence-electron chi connectivity index (χ2n) is 5.52. The van der Waals surface area contributed by atoms with Crippen LogP contribution in [0.1, 0.15) is 33.2 Å². The molecule has 5 nitrogen and oxygen atoms in total. The smallest absolute Gasteiger partial charge is 0.251 e. The summed E-state index contributed by atoms with van der Waals surface area (Å²) in [5, 5.41) is 12.8. The van der Waals surface area contributed by atoms with E-state index in [4.69, 9.17) is 5.73 Å². The topological polar surface area (TPSA) is 92.4 Å². The predicted molar refractivity (Wildman–Crippen MR) is 83.2 cm³/mol. The van der Waals surface area contributed by atoms with Crippen LogP contribution in [0.2, 0.25) is 0 Å². The molecule has 2 aromatic carbocycles. The van der Waals surface area contributed by atoms with Crippen LogP contribution in [0.3, 0.4) is 0 Å². The molecule has 0 aliphatic heterocycles. The average Bonchev–Trinajstić information content (AvgIpc) is 2.52. The lowest BCUT2D eigenvalue weighted by atomic mass is 9.95. The van der Waals surface area contributed by atoms with E-state index >= 15 is 0 Å². The molecule has 24 heavy (non-hydrogen) atoms. The Bertz CT molecular complexity index is 774. The quantitative estimate of drug-likeness (QED) is 0.777. The van der Waals surface area contributed by atoms with Gasteiger partial charge in [0.2, 0.25) is 5.91 Å². The molecule has 2 aromatic rings. The van der Waals surface area contributed by atoms with Gasteiger partial charge in [-0.3, -0.25) is 9.59 Å². The van der Waals surface area contributed by atoms with Crippen molar-refractivity contribution in [1.82, 2.24) is 5.32 Å². The molecule has 0 aliphatic rings. The molecular weight excluding hydrogens is 318 g/mol. The van der Waals surface area contributed by atoms with Crippen LogP contribution in [0.15, 0.2) is 42.5 Å². The zero-order valence-electron chi connectivity index (χ0n) is 12.8. The van der Waals surface area contributed by atoms with Crippen molar-refractivity contribution in [2.45, 2.75) is 12.5 Å². The fourth-order valence-electron chi connectivity index (χ4n) is 2.16. The standard InChI is InChI=1S/C17H16F2N2O3/c1-17(24,13-7-6-12(18)8-14(13)19)9-21-16(23)11-4-2-10(3-5-11)15(20)22/h2-8,24H,9H2,1H3,(H2,20,22)(H,21,23). The Morgan fingerprint density at radius 2 is 1.71 bits per heavy atom. The number of hydrogen-bond acceptors (Lipinski definition) is 3. The molecule has 0 saturated heterocycles. The number of primary amides is 1. The molecule has 4 N–H and O–H groups in total. The largest absolute Gasteiger partial charge is 0.383 e. The van der Waals surface area contributed by atoms with E-state index in [1.807, 2.05) is 0 Å². The number of amides is 2. The Balaban J connectivity index is 2.08. The van der Waals surface area contributed by atoms with Crippen LogP contribution in [0.4, 0.5) is 8.78 Å². The van der Waals surface area contributed by atoms with Crippen molar-refractivity contribution in [2.75, 3.05) is 6.54 Å². The first-order valence-corrected chi connectivity index (χ1v) is 7.07. The van der Waals surface area contributed by atoms with Gasteiger partial charge < -0.3 is 16.2 Å². The highest BCUT2D eigenvalue weighted by Gasteiger charge is 2.27. The lowest BCUT2D eigenvalue weighted by Crippen LogP contribution is -2.39. The summed E-state index contributed by atoms with van der Waals surface area (Å²) in [5.41, 5.74) is 3.76. The van der Waals surface area contributed by atoms with Gasteiger partial charge in [0.25, 0.3) is 5.91 Å². The van der Waals surface area contributed by atoms with E-state index in [0.717, 1.165) is 12.1 Å². The summed E-state index contributed by atoms with van der Waals surface area (Å²) in [7, 11) is 0. The van der Waals surface area contributed by atoms with Gasteiger partial charge in [0.15, 0.2) is 0 Å². The third-order valence-electron chi connectivity index (χ3n) is 3.54. The van der Waals surface area contributed by atoms with Crippen molar-refractivity contribution in [3.8, 4) is 0 Å². The van der Waals surface area contributed by atoms with E-state index in [1.165, 1.54) is 31.2 Å². The number of aliphatic hydroxyl groups is 1. The summed E-state index contributed by atoms with van der Waals surface area (Å²) >= 11 is 0. The van der Waals surface area contributed by atoms with Crippen LogP contribution in [0.25, 0.3) is 0 Å². The van der Waals surface area contributed by atoms with E-state index in [9.17, 15) is 23.5 Å². The molecule has 1 unspecified atom stereocenters. The van der Waals surface area contributed by atoms with Crippen LogP contribution in [0, 0.1) is 11.6 Å². The highest BCUT2D eigenvalue weighted by atomic mass is 19.1. The number of carbonyl (C=O) groups is 2. The number of nitrogens with two attached hydrogens (primary N) is 1. The first-order chi connectivity index (χ1) is 11.2. The minimum atomic E-state index is -1.72. The Morgan fingerprint density at radius 1 is 1.12 bits per heavy atom. The molecule has 0 saturated carbocycles. The third kappa shape index (κ3) is 3.94. The molecule has 0 aliphatic carbocycles. The summed E-state index contributed by atoms with van der Waals surface area (Å²) in [5.74, 6) is -2.80. The molecule has 0 fully saturated rings. The van der Waals surface area contributed by atoms with Gasteiger partial charge in [-0.1, -0.05) is 6.07 Å². The van der Waals surface area contributed by atoms with Crippen LogP contribution in [0.5, 0.6) is 0 Å². The van der Waals surface area contributed by atoms with Gasteiger partial charge in [-0.2, -0.15) is 0 Å². The molecule has 0 aromatic heterocycles. The lowest BCUT2D eigenvalue weighted by molar-refractivity contribution is 0.0494. The predicted octanol–water partition coefficient (Wildman–Crippen LogP) is 1.70. The molecule has 126 valence electrons. The van der Waals surface area contributed by atoms with Gasteiger partial charge in [-0.05, 0) is 37.3 Å². The van der Waals surface area contributed by atoms with Crippen molar-refractivity contribution in [3.63, 3.8) is 0 Å². The minimum Gasteiger partial charge on any atom is -0.383 e. The van der Waals surface area contributed by atoms with Crippen LogP contribution in [-0.2, 0) is 5.60 Å². The highest BCUT2D eigenvalue weighted by Crippen LogP contribution is 2.23. The molecule has 2 rings (SSSR count). The maximum absolute atomic E-state index is 13.8. The molecule has 0 radical (unpaired) electrons. The summed E-state index contributed by atoms with van der Waals surface area (Å²) in [6.45, 7) is 1.02. The summed E-state index contributed by atoms with van der Waals surface area (Å²) in [6, 6.07) is 8.42. The van der Waals surface area contributed by atoms with E-state index in [0.29, 0.717) is 6.07 Å². The Hall–Kier alpha value is -2.80. The average molecular weight is 334 g/mol. The van der Waals surface area contributed by atoms with Gasteiger partial charge >= 0.3 is 0 Å². The van der Waals surface area contributed by atoms with E-state index < -0.39 is 29.0 Å². The maximum Gasteiger partial charge on any atom is 0.251 e. The molecule has 2 amide bonds. The number of nitrogens with one attached hydrogen (secondary N) is 1. The van der Waals surface area contributed by atoms with Gasteiger partial charge in [-0.15, -0.1) is 0 Å². The van der Waals surface area contributed by atoms with Crippen molar-refractivity contribution >= 4 is 11.8 Å². The Kier molecular flexibility index (Phi) is 4.94. The van der Waals surface area contributed by atoms with Crippen LogP contribution >= 0.6 is 0 Å². The van der Waals surface area contributed by atoms with Crippen molar-refractivity contribution < 1.29 is 23.5 Å². The first-order valence-electron chi connectivity index (χ1n) is 7.07. The molecule has 7 heteroatoms.